The first kappa shape index (κ1) is 32.5. The summed E-state index contributed by atoms with van der Waals surface area (Å²) in [6, 6.07) is 11.2. The molecule has 0 atom stereocenters. The number of phenolic OH excluding ortho intramolecular Hbond substituents is 2. The number of ether oxygens (including phenoxy) is 2. The lowest BCUT2D eigenvalue weighted by Gasteiger charge is -2.14. The van der Waals surface area contributed by atoms with Gasteiger partial charge in [0, 0.05) is 6.07 Å². The molecule has 42 heavy (non-hydrogen) atoms. The Kier molecular flexibility index (Phi) is 12.3. The second kappa shape index (κ2) is 15.9. The third-order valence-corrected chi connectivity index (χ3v) is 7.27. The quantitative estimate of drug-likeness (QED) is 0.115. The van der Waals surface area contributed by atoms with E-state index in [0.717, 1.165) is 47.7 Å². The number of allylic oxidation sites excluding steroid dienone is 6. The molecule has 0 unspecified atom stereocenters. The van der Waals surface area contributed by atoms with Crippen LogP contribution in [-0.2, 0) is 13.5 Å². The molecule has 5 nitrogen and oxygen atoms in total. The molecule has 0 spiro atoms. The van der Waals surface area contributed by atoms with E-state index in [1.807, 2.05) is 19.3 Å². The van der Waals surface area contributed by atoms with Gasteiger partial charge in [0.1, 0.15) is 20.3 Å². The minimum atomic E-state index is -0.121. The zero-order chi connectivity index (χ0) is 30.6. The van der Waals surface area contributed by atoms with Gasteiger partial charge in [-0.15, -0.1) is 0 Å². The summed E-state index contributed by atoms with van der Waals surface area (Å²) in [7, 11) is 2.02. The molecular formula is C37H48NO4+. The summed E-state index contributed by atoms with van der Waals surface area (Å²) in [5, 5.41) is 21.9. The maximum atomic E-state index is 10.0. The molecule has 1 aromatic heterocycles. The molecular weight excluding hydrogens is 522 g/mol. The van der Waals surface area contributed by atoms with Gasteiger partial charge in [0.2, 0.25) is 0 Å². The molecule has 0 saturated carbocycles. The Balaban J connectivity index is 1.90. The number of hydrogen-bond acceptors (Lipinski definition) is 4. The second-order valence-corrected chi connectivity index (χ2v) is 11.6. The van der Waals surface area contributed by atoms with Gasteiger partial charge in [0.05, 0.1) is 11.8 Å². The molecule has 0 radical (unpaired) electrons. The molecule has 0 amide bonds. The van der Waals surface area contributed by atoms with Gasteiger partial charge < -0.3 is 19.7 Å². The average molecular weight is 571 g/mol. The largest absolute Gasteiger partial charge is 0.504 e. The number of hydrogen-bond donors (Lipinski definition) is 2. The number of nitrogens with zero attached hydrogens (tertiary/aromatic N) is 1. The van der Waals surface area contributed by atoms with Crippen molar-refractivity contribution < 1.29 is 24.3 Å². The first-order valence-electron chi connectivity index (χ1n) is 14.8. The molecule has 224 valence electrons. The number of rotatable bonds is 14. The number of pyridine rings is 1. The van der Waals surface area contributed by atoms with Crippen molar-refractivity contribution in [3.63, 3.8) is 0 Å². The van der Waals surface area contributed by atoms with E-state index in [9.17, 15) is 10.2 Å². The van der Waals surface area contributed by atoms with Gasteiger partial charge in [0.15, 0.2) is 34.9 Å². The standard InChI is InChI=1S/C37H47NO4/c1-26(2)10-8-12-28(5)17-20-41-36-24-31-16-19-38(7)33(22-30-14-15-34(39)35(40)23-30)32(31)25-37(36)42-21-18-29(6)13-9-11-27(3)4/h10-11,14-19,23-25H,8-9,12-13,20-22H2,1-7H3,(H-,39,40)/p+1/b28-17+,29-18+. The van der Waals surface area contributed by atoms with Gasteiger partial charge in [-0.25, -0.2) is 4.57 Å². The van der Waals surface area contributed by atoms with Crippen LogP contribution in [0.5, 0.6) is 23.0 Å². The SMILES string of the molecule is CC(C)=CCC/C(C)=C/COc1cc2cc[n+](C)c(Cc3ccc(O)c(O)c3)c2cc1OC/C=C(\C)CCC=C(C)C. The Morgan fingerprint density at radius 3 is 1.83 bits per heavy atom. The van der Waals surface area contributed by atoms with Crippen LogP contribution in [0.25, 0.3) is 10.8 Å². The van der Waals surface area contributed by atoms with Crippen molar-refractivity contribution in [1.29, 1.82) is 0 Å². The van der Waals surface area contributed by atoms with Crippen LogP contribution in [0.1, 0.15) is 78.5 Å². The van der Waals surface area contributed by atoms with Gasteiger partial charge in [-0.2, -0.15) is 0 Å². The number of aryl methyl sites for hydroxylation is 1. The van der Waals surface area contributed by atoms with Crippen molar-refractivity contribution >= 4 is 10.8 Å². The summed E-state index contributed by atoms with van der Waals surface area (Å²) in [5.74, 6) is 1.18. The predicted molar refractivity (Wildman–Crippen MR) is 174 cm³/mol. The van der Waals surface area contributed by atoms with Crippen molar-refractivity contribution in [3.05, 3.63) is 100 Å². The lowest BCUT2D eigenvalue weighted by atomic mass is 10.0. The summed E-state index contributed by atoms with van der Waals surface area (Å²) in [5.41, 5.74) is 7.25. The fourth-order valence-corrected chi connectivity index (χ4v) is 4.68. The number of fused-ring (bicyclic) bond motifs is 1. The van der Waals surface area contributed by atoms with Gasteiger partial charge in [0.25, 0.3) is 0 Å². The molecule has 0 saturated heterocycles. The maximum absolute atomic E-state index is 10.0. The van der Waals surface area contributed by atoms with Crippen LogP contribution < -0.4 is 14.0 Å². The number of benzene rings is 2. The van der Waals surface area contributed by atoms with E-state index >= 15 is 0 Å². The molecule has 2 aromatic carbocycles. The van der Waals surface area contributed by atoms with Crippen molar-refractivity contribution in [1.82, 2.24) is 0 Å². The maximum Gasteiger partial charge on any atom is 0.193 e. The highest BCUT2D eigenvalue weighted by atomic mass is 16.5. The molecule has 0 bridgehead atoms. The Hall–Kier alpha value is -3.99. The Bertz CT molecular complexity index is 1490. The third kappa shape index (κ3) is 10.1. The van der Waals surface area contributed by atoms with Crippen molar-refractivity contribution in [2.75, 3.05) is 13.2 Å². The van der Waals surface area contributed by atoms with E-state index in [1.165, 1.54) is 28.4 Å². The highest BCUT2D eigenvalue weighted by Gasteiger charge is 2.18. The third-order valence-electron chi connectivity index (χ3n) is 7.27. The minimum Gasteiger partial charge on any atom is -0.504 e. The van der Waals surface area contributed by atoms with Crippen molar-refractivity contribution in [2.24, 2.45) is 7.05 Å². The molecule has 1 heterocycles. The van der Waals surface area contributed by atoms with Crippen molar-refractivity contribution in [2.45, 2.75) is 73.6 Å². The Labute approximate surface area is 252 Å². The van der Waals surface area contributed by atoms with Crippen LogP contribution in [-0.4, -0.2) is 23.4 Å². The highest BCUT2D eigenvalue weighted by Crippen LogP contribution is 2.35. The van der Waals surface area contributed by atoms with E-state index in [1.54, 1.807) is 6.07 Å². The summed E-state index contributed by atoms with van der Waals surface area (Å²) in [6.07, 6.45) is 15.5. The smallest absolute Gasteiger partial charge is 0.193 e. The van der Waals surface area contributed by atoms with E-state index in [2.05, 4.69) is 88.6 Å². The first-order valence-corrected chi connectivity index (χ1v) is 14.8. The molecule has 3 rings (SSSR count). The molecule has 0 aliphatic rings. The fraction of sp³-hybridized carbons (Fsp3) is 0.378. The molecule has 5 heteroatoms. The van der Waals surface area contributed by atoms with Crippen molar-refractivity contribution in [3.8, 4) is 23.0 Å². The molecule has 2 N–H and O–H groups in total. The molecule has 0 aliphatic heterocycles. The topological polar surface area (TPSA) is 62.8 Å². The van der Waals surface area contributed by atoms with Gasteiger partial charge in [-0.3, -0.25) is 0 Å². The Morgan fingerprint density at radius 2 is 1.29 bits per heavy atom. The van der Waals surface area contributed by atoms with Crippen LogP contribution in [0.15, 0.2) is 89.2 Å². The first-order chi connectivity index (χ1) is 20.0. The van der Waals surface area contributed by atoms with E-state index in [-0.39, 0.29) is 11.5 Å². The number of phenols is 2. The minimum absolute atomic E-state index is 0.119. The Morgan fingerprint density at radius 1 is 0.714 bits per heavy atom. The summed E-state index contributed by atoms with van der Waals surface area (Å²) >= 11 is 0. The zero-order valence-corrected chi connectivity index (χ0v) is 26.5. The second-order valence-electron chi connectivity index (χ2n) is 11.6. The normalized spacial score (nSPS) is 11.9. The molecule has 3 aromatic rings. The molecule has 0 fully saturated rings. The van der Waals surface area contributed by atoms with Gasteiger partial charge in [-0.1, -0.05) is 40.5 Å². The summed E-state index contributed by atoms with van der Waals surface area (Å²) in [6.45, 7) is 13.7. The number of aromatic hydroxyl groups is 2. The van der Waals surface area contributed by atoms with E-state index < -0.39 is 0 Å². The average Bonchev–Trinajstić information content (AvgIpc) is 2.92. The number of aromatic nitrogens is 1. The monoisotopic (exact) mass is 570 g/mol. The van der Waals surface area contributed by atoms with Crippen LogP contribution in [0, 0.1) is 0 Å². The highest BCUT2D eigenvalue weighted by molar-refractivity contribution is 5.87. The fourth-order valence-electron chi connectivity index (χ4n) is 4.68. The van der Waals surface area contributed by atoms with E-state index in [4.69, 9.17) is 9.47 Å². The van der Waals surface area contributed by atoms with Crippen LogP contribution >= 0.6 is 0 Å². The van der Waals surface area contributed by atoms with Gasteiger partial charge >= 0.3 is 0 Å². The lowest BCUT2D eigenvalue weighted by molar-refractivity contribution is -0.677. The zero-order valence-electron chi connectivity index (χ0n) is 26.5. The predicted octanol–water partition coefficient (Wildman–Crippen LogP) is 8.81. The van der Waals surface area contributed by atoms with Gasteiger partial charge in [-0.05, 0) is 115 Å². The van der Waals surface area contributed by atoms with Crippen LogP contribution in [0.3, 0.4) is 0 Å². The lowest BCUT2D eigenvalue weighted by Crippen LogP contribution is -2.33. The van der Waals surface area contributed by atoms with Crippen LogP contribution in [0.2, 0.25) is 0 Å². The summed E-state index contributed by atoms with van der Waals surface area (Å²) in [4.78, 5) is 0. The van der Waals surface area contributed by atoms with E-state index in [0.29, 0.717) is 31.1 Å². The van der Waals surface area contributed by atoms with Crippen LogP contribution in [0.4, 0.5) is 0 Å². The summed E-state index contributed by atoms with van der Waals surface area (Å²) < 4.78 is 14.7. The molecule has 0 aliphatic carbocycles.